The van der Waals surface area contributed by atoms with E-state index in [9.17, 15) is 9.59 Å². The molecule has 0 N–H and O–H groups in total. The molecule has 0 aliphatic carbocycles. The minimum atomic E-state index is -0.500. The number of likely N-dealkylation sites (tertiary alicyclic amines) is 1. The molecule has 2 aliphatic rings. The lowest BCUT2D eigenvalue weighted by molar-refractivity contribution is -0.142. The van der Waals surface area contributed by atoms with E-state index in [0.29, 0.717) is 19.6 Å². The summed E-state index contributed by atoms with van der Waals surface area (Å²) in [5, 5.41) is 0. The van der Waals surface area contributed by atoms with Crippen molar-refractivity contribution in [1.82, 2.24) is 4.90 Å². The number of ether oxygens (including phenoxy) is 2. The second-order valence-corrected chi connectivity index (χ2v) is 5.95. The summed E-state index contributed by atoms with van der Waals surface area (Å²) in [7, 11) is 0. The van der Waals surface area contributed by atoms with Gasteiger partial charge in [0.1, 0.15) is 5.60 Å². The van der Waals surface area contributed by atoms with Crippen LogP contribution in [-0.4, -0.2) is 41.8 Å². The van der Waals surface area contributed by atoms with Gasteiger partial charge in [0.2, 0.25) is 0 Å². The number of esters is 1. The van der Waals surface area contributed by atoms with Gasteiger partial charge in [-0.25, -0.2) is 4.79 Å². The molecule has 0 radical (unpaired) electrons. The first-order valence-electron chi connectivity index (χ1n) is 6.55. The number of nitrogens with zero attached hydrogens (tertiary/aromatic N) is 1. The highest BCUT2D eigenvalue weighted by Gasteiger charge is 2.42. The fraction of sp³-hybridized carbons (Fsp3) is 0.846. The van der Waals surface area contributed by atoms with Crippen LogP contribution in [0.15, 0.2) is 0 Å². The highest BCUT2D eigenvalue weighted by Crippen LogP contribution is 2.31. The lowest BCUT2D eigenvalue weighted by atomic mass is 9.96. The molecule has 2 saturated heterocycles. The first-order chi connectivity index (χ1) is 8.38. The van der Waals surface area contributed by atoms with Gasteiger partial charge in [0.15, 0.2) is 0 Å². The summed E-state index contributed by atoms with van der Waals surface area (Å²) in [5.41, 5.74) is -0.500. The van der Waals surface area contributed by atoms with Gasteiger partial charge in [-0.2, -0.15) is 0 Å². The van der Waals surface area contributed by atoms with Crippen LogP contribution in [0.3, 0.4) is 0 Å². The van der Waals surface area contributed by atoms with Crippen molar-refractivity contribution in [3.05, 3.63) is 0 Å². The fourth-order valence-electron chi connectivity index (χ4n) is 2.62. The summed E-state index contributed by atoms with van der Waals surface area (Å²) in [6, 6.07) is -0.0464. The molecule has 2 rings (SSSR count). The third-order valence-electron chi connectivity index (χ3n) is 3.37. The molecule has 0 aromatic heterocycles. The van der Waals surface area contributed by atoms with Crippen molar-refractivity contribution in [2.24, 2.45) is 5.92 Å². The Balaban J connectivity index is 2.03. The van der Waals surface area contributed by atoms with Crippen molar-refractivity contribution in [3.8, 4) is 0 Å². The van der Waals surface area contributed by atoms with Crippen LogP contribution in [0.2, 0.25) is 0 Å². The van der Waals surface area contributed by atoms with Gasteiger partial charge in [-0.3, -0.25) is 4.79 Å². The van der Waals surface area contributed by atoms with E-state index < -0.39 is 5.60 Å². The maximum absolute atomic E-state index is 12.1. The highest BCUT2D eigenvalue weighted by molar-refractivity contribution is 5.77. The molecule has 2 fully saturated rings. The average molecular weight is 255 g/mol. The largest absolute Gasteiger partial charge is 0.465 e. The van der Waals surface area contributed by atoms with Gasteiger partial charge >= 0.3 is 12.1 Å². The van der Waals surface area contributed by atoms with Crippen LogP contribution in [-0.2, 0) is 14.3 Å². The van der Waals surface area contributed by atoms with E-state index in [2.05, 4.69) is 0 Å². The summed E-state index contributed by atoms with van der Waals surface area (Å²) < 4.78 is 10.4. The second kappa shape index (κ2) is 4.78. The molecule has 102 valence electrons. The van der Waals surface area contributed by atoms with Crippen molar-refractivity contribution in [3.63, 3.8) is 0 Å². The van der Waals surface area contributed by atoms with Crippen molar-refractivity contribution < 1.29 is 19.1 Å². The topological polar surface area (TPSA) is 55.8 Å². The molecule has 18 heavy (non-hydrogen) atoms. The van der Waals surface area contributed by atoms with E-state index in [1.165, 1.54) is 0 Å². The van der Waals surface area contributed by atoms with E-state index in [1.54, 1.807) is 4.90 Å². The lowest BCUT2D eigenvalue weighted by Crippen LogP contribution is -2.44. The van der Waals surface area contributed by atoms with E-state index >= 15 is 0 Å². The van der Waals surface area contributed by atoms with E-state index in [1.807, 2.05) is 20.8 Å². The van der Waals surface area contributed by atoms with Gasteiger partial charge in [0, 0.05) is 12.6 Å². The Bertz CT molecular complexity index is 347. The predicted octanol–water partition coefficient (Wildman–Crippen LogP) is 1.95. The highest BCUT2D eigenvalue weighted by atomic mass is 16.6. The number of rotatable bonds is 1. The molecule has 2 heterocycles. The molecular formula is C13H21NO4. The van der Waals surface area contributed by atoms with Gasteiger partial charge in [-0.1, -0.05) is 0 Å². The minimum Gasteiger partial charge on any atom is -0.465 e. The van der Waals surface area contributed by atoms with Crippen molar-refractivity contribution in [2.45, 2.75) is 51.7 Å². The second-order valence-electron chi connectivity index (χ2n) is 5.95. The van der Waals surface area contributed by atoms with Gasteiger partial charge in [-0.15, -0.1) is 0 Å². The fourth-order valence-corrected chi connectivity index (χ4v) is 2.62. The Labute approximate surface area is 107 Å². The molecule has 1 amide bonds. The van der Waals surface area contributed by atoms with Crippen LogP contribution in [0.25, 0.3) is 0 Å². The number of hydrogen-bond acceptors (Lipinski definition) is 4. The number of amides is 1. The van der Waals surface area contributed by atoms with Crippen molar-refractivity contribution in [2.75, 3.05) is 13.2 Å². The van der Waals surface area contributed by atoms with Crippen LogP contribution >= 0.6 is 0 Å². The van der Waals surface area contributed by atoms with Gasteiger partial charge < -0.3 is 14.4 Å². The van der Waals surface area contributed by atoms with Crippen LogP contribution in [0.4, 0.5) is 4.79 Å². The predicted molar refractivity (Wildman–Crippen MR) is 65.0 cm³/mol. The maximum atomic E-state index is 12.1. The molecule has 0 aromatic rings. The molecule has 2 aliphatic heterocycles. The summed E-state index contributed by atoms with van der Waals surface area (Å²) in [5.74, 6) is -0.338. The standard InChI is InChI=1S/C13H21NO4/c1-13(2,3)18-12(16)14-7-4-5-10(14)9-6-8-17-11(9)15/h9-10H,4-8H2,1-3H3. The molecular weight excluding hydrogens is 234 g/mol. The number of hydrogen-bond donors (Lipinski definition) is 0. The van der Waals surface area contributed by atoms with Gasteiger partial charge in [0.25, 0.3) is 0 Å². The molecule has 0 saturated carbocycles. The Morgan fingerprint density at radius 3 is 2.67 bits per heavy atom. The van der Waals surface area contributed by atoms with Crippen LogP contribution in [0, 0.1) is 5.92 Å². The third-order valence-corrected chi connectivity index (χ3v) is 3.37. The van der Waals surface area contributed by atoms with Crippen LogP contribution < -0.4 is 0 Å². The first-order valence-corrected chi connectivity index (χ1v) is 6.55. The Morgan fingerprint density at radius 1 is 1.39 bits per heavy atom. The van der Waals surface area contributed by atoms with Crippen LogP contribution in [0.5, 0.6) is 0 Å². The molecule has 2 unspecified atom stereocenters. The number of carbonyl (C=O) groups is 2. The first kappa shape index (κ1) is 13.2. The molecule has 0 spiro atoms. The van der Waals surface area contributed by atoms with Gasteiger partial charge in [-0.05, 0) is 40.0 Å². The van der Waals surface area contributed by atoms with Crippen molar-refractivity contribution >= 4 is 12.1 Å². The lowest BCUT2D eigenvalue weighted by Gasteiger charge is -2.30. The molecule has 0 bridgehead atoms. The molecule has 5 nitrogen and oxygen atoms in total. The summed E-state index contributed by atoms with van der Waals surface area (Å²) in [4.78, 5) is 25.4. The molecule has 0 aromatic carbocycles. The smallest absolute Gasteiger partial charge is 0.410 e. The van der Waals surface area contributed by atoms with Gasteiger partial charge in [0.05, 0.1) is 12.5 Å². The van der Waals surface area contributed by atoms with Crippen LogP contribution in [0.1, 0.15) is 40.0 Å². The number of carbonyl (C=O) groups excluding carboxylic acids is 2. The summed E-state index contributed by atoms with van der Waals surface area (Å²) in [6.07, 6.45) is 2.18. The monoisotopic (exact) mass is 255 g/mol. The average Bonchev–Trinajstić information content (AvgIpc) is 2.82. The zero-order valence-corrected chi connectivity index (χ0v) is 11.3. The maximum Gasteiger partial charge on any atom is 0.410 e. The summed E-state index contributed by atoms with van der Waals surface area (Å²) in [6.45, 7) is 6.69. The third kappa shape index (κ3) is 2.76. The minimum absolute atomic E-state index is 0.0464. The molecule has 2 atom stereocenters. The Kier molecular flexibility index (Phi) is 3.50. The SMILES string of the molecule is CC(C)(C)OC(=O)N1CCCC1C1CCOC1=O. The Hall–Kier alpha value is -1.26. The zero-order chi connectivity index (χ0) is 13.3. The van der Waals surface area contributed by atoms with E-state index in [4.69, 9.17) is 9.47 Å². The molecule has 5 heteroatoms. The van der Waals surface area contributed by atoms with E-state index in [0.717, 1.165) is 12.8 Å². The van der Waals surface area contributed by atoms with E-state index in [-0.39, 0.29) is 24.0 Å². The van der Waals surface area contributed by atoms with Crippen molar-refractivity contribution in [1.29, 1.82) is 0 Å². The summed E-state index contributed by atoms with van der Waals surface area (Å²) >= 11 is 0. The quantitative estimate of drug-likeness (QED) is 0.672. The normalized spacial score (nSPS) is 28.4. The zero-order valence-electron chi connectivity index (χ0n) is 11.3. The number of cyclic esters (lactones) is 1. The Morgan fingerprint density at radius 2 is 2.11 bits per heavy atom.